The summed E-state index contributed by atoms with van der Waals surface area (Å²) >= 11 is 12.2. The number of anilines is 1. The van der Waals surface area contributed by atoms with Crippen molar-refractivity contribution in [3.05, 3.63) is 76.8 Å². The standard InChI is InChI=1S/C23H21Cl2N5/c24-18-5-1-16(2-6-18)21-22(17-3-7-19(25)8-4-17)29-23(28-21)30-11-9-15(10-12-30)20-13-26-14-27-20/h1-8,13-15H,9-12H2,(H,26,27)(H,28,29). The molecule has 0 bridgehead atoms. The van der Waals surface area contributed by atoms with E-state index in [0.717, 1.165) is 54.4 Å². The smallest absolute Gasteiger partial charge is 0.203 e. The summed E-state index contributed by atoms with van der Waals surface area (Å²) in [5, 5.41) is 1.43. The fourth-order valence-electron chi connectivity index (χ4n) is 4.04. The molecule has 0 amide bonds. The Hall–Kier alpha value is -2.76. The second kappa shape index (κ2) is 8.17. The lowest BCUT2D eigenvalue weighted by Crippen LogP contribution is -2.33. The van der Waals surface area contributed by atoms with Gasteiger partial charge in [0.05, 0.1) is 17.7 Å². The third-order valence-electron chi connectivity index (χ3n) is 5.70. The summed E-state index contributed by atoms with van der Waals surface area (Å²) in [6.45, 7) is 1.88. The number of benzene rings is 2. The van der Waals surface area contributed by atoms with Gasteiger partial charge in [-0.15, -0.1) is 0 Å². The number of hydrogen-bond donors (Lipinski definition) is 2. The van der Waals surface area contributed by atoms with Crippen LogP contribution in [0.25, 0.3) is 22.5 Å². The predicted octanol–water partition coefficient (Wildman–Crippen LogP) is 6.16. The molecule has 3 heterocycles. The number of aromatic nitrogens is 4. The number of nitrogens with one attached hydrogen (secondary N) is 2. The fraction of sp³-hybridized carbons (Fsp3) is 0.217. The van der Waals surface area contributed by atoms with Crippen LogP contribution >= 0.6 is 23.2 Å². The average Bonchev–Trinajstić information content (AvgIpc) is 3.46. The molecule has 2 N–H and O–H groups in total. The first-order valence-corrected chi connectivity index (χ1v) is 10.8. The molecule has 1 aliphatic heterocycles. The van der Waals surface area contributed by atoms with Gasteiger partial charge in [-0.25, -0.2) is 9.97 Å². The van der Waals surface area contributed by atoms with Gasteiger partial charge in [0.25, 0.3) is 0 Å². The first-order valence-electron chi connectivity index (χ1n) is 10.0. The van der Waals surface area contributed by atoms with E-state index in [1.165, 1.54) is 5.69 Å². The number of hydrogen-bond acceptors (Lipinski definition) is 3. The Morgan fingerprint density at radius 3 is 2.10 bits per heavy atom. The van der Waals surface area contributed by atoms with Crippen LogP contribution in [-0.2, 0) is 0 Å². The molecular formula is C23H21Cl2N5. The Balaban J connectivity index is 1.47. The predicted molar refractivity (Wildman–Crippen MR) is 122 cm³/mol. The van der Waals surface area contributed by atoms with E-state index in [9.17, 15) is 0 Å². The van der Waals surface area contributed by atoms with Gasteiger partial charge in [-0.05, 0) is 37.1 Å². The number of rotatable bonds is 4. The molecule has 1 saturated heterocycles. The van der Waals surface area contributed by atoms with Gasteiger partial charge in [0.2, 0.25) is 5.95 Å². The second-order valence-corrected chi connectivity index (χ2v) is 8.44. The molecule has 1 fully saturated rings. The Labute approximate surface area is 185 Å². The van der Waals surface area contributed by atoms with Gasteiger partial charge >= 0.3 is 0 Å². The molecule has 152 valence electrons. The van der Waals surface area contributed by atoms with Gasteiger partial charge < -0.3 is 14.9 Å². The minimum atomic E-state index is 0.519. The van der Waals surface area contributed by atoms with Crippen LogP contribution in [-0.4, -0.2) is 33.0 Å². The summed E-state index contributed by atoms with van der Waals surface area (Å²) < 4.78 is 0. The summed E-state index contributed by atoms with van der Waals surface area (Å²) in [4.78, 5) is 18.3. The van der Waals surface area contributed by atoms with Crippen molar-refractivity contribution in [2.75, 3.05) is 18.0 Å². The minimum Gasteiger partial charge on any atom is -0.348 e. The van der Waals surface area contributed by atoms with Crippen molar-refractivity contribution >= 4 is 29.2 Å². The molecule has 7 heteroatoms. The first kappa shape index (κ1) is 19.2. The molecule has 5 rings (SSSR count). The highest BCUT2D eigenvalue weighted by atomic mass is 35.5. The minimum absolute atomic E-state index is 0.519. The molecule has 2 aromatic heterocycles. The highest BCUT2D eigenvalue weighted by Gasteiger charge is 2.25. The van der Waals surface area contributed by atoms with Crippen LogP contribution in [0, 0.1) is 0 Å². The van der Waals surface area contributed by atoms with E-state index in [4.69, 9.17) is 28.2 Å². The van der Waals surface area contributed by atoms with Crippen LogP contribution in [0.5, 0.6) is 0 Å². The molecule has 0 saturated carbocycles. The van der Waals surface area contributed by atoms with E-state index in [1.807, 2.05) is 54.7 Å². The molecule has 30 heavy (non-hydrogen) atoms. The SMILES string of the molecule is Clc1ccc(-c2nc(N3CCC(c4cnc[nH]4)CC3)[nH]c2-c2ccc(Cl)cc2)cc1. The maximum Gasteiger partial charge on any atom is 0.203 e. The molecule has 1 aliphatic rings. The summed E-state index contributed by atoms with van der Waals surface area (Å²) in [5.41, 5.74) is 5.20. The molecule has 0 aliphatic carbocycles. The molecule has 0 unspecified atom stereocenters. The largest absolute Gasteiger partial charge is 0.348 e. The third-order valence-corrected chi connectivity index (χ3v) is 6.20. The number of imidazole rings is 2. The summed E-state index contributed by atoms with van der Waals surface area (Å²) in [6.07, 6.45) is 5.82. The quantitative estimate of drug-likeness (QED) is 0.401. The van der Waals surface area contributed by atoms with Crippen molar-refractivity contribution in [1.82, 2.24) is 19.9 Å². The molecule has 4 aromatic rings. The van der Waals surface area contributed by atoms with Crippen molar-refractivity contribution in [3.8, 4) is 22.5 Å². The molecule has 2 aromatic carbocycles. The van der Waals surface area contributed by atoms with Gasteiger partial charge in [-0.1, -0.05) is 47.5 Å². The number of halogens is 2. The van der Waals surface area contributed by atoms with E-state index >= 15 is 0 Å². The number of aromatic amines is 2. The van der Waals surface area contributed by atoms with Crippen molar-refractivity contribution < 1.29 is 0 Å². The van der Waals surface area contributed by atoms with Gasteiger partial charge in [0.1, 0.15) is 0 Å². The summed E-state index contributed by atoms with van der Waals surface area (Å²) in [5.74, 6) is 1.41. The van der Waals surface area contributed by atoms with Crippen LogP contribution in [0.2, 0.25) is 10.0 Å². The maximum absolute atomic E-state index is 6.10. The normalized spacial score (nSPS) is 14.9. The molecule has 0 atom stereocenters. The Morgan fingerprint density at radius 2 is 1.50 bits per heavy atom. The molecule has 0 radical (unpaired) electrons. The summed E-state index contributed by atoms with van der Waals surface area (Å²) in [7, 11) is 0. The Kier molecular flexibility index (Phi) is 5.23. The first-order chi connectivity index (χ1) is 14.7. The Bertz CT molecular complexity index is 1050. The van der Waals surface area contributed by atoms with Crippen LogP contribution in [0.4, 0.5) is 5.95 Å². The lowest BCUT2D eigenvalue weighted by atomic mass is 9.94. The van der Waals surface area contributed by atoms with E-state index in [0.29, 0.717) is 16.0 Å². The van der Waals surface area contributed by atoms with Crippen molar-refractivity contribution in [2.24, 2.45) is 0 Å². The van der Waals surface area contributed by atoms with E-state index in [1.54, 1.807) is 6.33 Å². The topological polar surface area (TPSA) is 60.6 Å². The zero-order valence-electron chi connectivity index (χ0n) is 16.3. The number of H-pyrrole nitrogens is 2. The van der Waals surface area contributed by atoms with Gasteiger partial charge in [-0.3, -0.25) is 0 Å². The van der Waals surface area contributed by atoms with Crippen LogP contribution < -0.4 is 4.90 Å². The van der Waals surface area contributed by atoms with Crippen LogP contribution in [0.15, 0.2) is 61.1 Å². The fourth-order valence-corrected chi connectivity index (χ4v) is 4.30. The molecule has 0 spiro atoms. The zero-order valence-corrected chi connectivity index (χ0v) is 17.8. The second-order valence-electron chi connectivity index (χ2n) is 7.57. The lowest BCUT2D eigenvalue weighted by Gasteiger charge is -2.31. The summed E-state index contributed by atoms with van der Waals surface area (Å²) in [6, 6.07) is 15.6. The highest BCUT2D eigenvalue weighted by Crippen LogP contribution is 2.35. The van der Waals surface area contributed by atoms with Crippen molar-refractivity contribution in [2.45, 2.75) is 18.8 Å². The highest BCUT2D eigenvalue weighted by molar-refractivity contribution is 6.31. The maximum atomic E-state index is 6.10. The van der Waals surface area contributed by atoms with Crippen molar-refractivity contribution in [3.63, 3.8) is 0 Å². The Morgan fingerprint density at radius 1 is 0.867 bits per heavy atom. The number of piperidine rings is 1. The van der Waals surface area contributed by atoms with Crippen molar-refractivity contribution in [1.29, 1.82) is 0 Å². The lowest BCUT2D eigenvalue weighted by molar-refractivity contribution is 0.493. The third kappa shape index (κ3) is 3.83. The van der Waals surface area contributed by atoms with Gasteiger partial charge in [0, 0.05) is 52.1 Å². The number of nitrogens with zero attached hydrogens (tertiary/aromatic N) is 3. The monoisotopic (exact) mass is 437 g/mol. The van der Waals surface area contributed by atoms with Gasteiger partial charge in [0.15, 0.2) is 0 Å². The van der Waals surface area contributed by atoms with E-state index in [2.05, 4.69) is 19.9 Å². The van der Waals surface area contributed by atoms with E-state index < -0.39 is 0 Å². The average molecular weight is 438 g/mol. The molecular weight excluding hydrogens is 417 g/mol. The van der Waals surface area contributed by atoms with Crippen LogP contribution in [0.1, 0.15) is 24.5 Å². The van der Waals surface area contributed by atoms with E-state index in [-0.39, 0.29) is 0 Å². The zero-order chi connectivity index (χ0) is 20.5. The van der Waals surface area contributed by atoms with Crippen LogP contribution in [0.3, 0.4) is 0 Å². The van der Waals surface area contributed by atoms with Gasteiger partial charge in [-0.2, -0.15) is 0 Å². The molecule has 5 nitrogen and oxygen atoms in total.